The topological polar surface area (TPSA) is 38.3 Å². The van der Waals surface area contributed by atoms with E-state index in [0.29, 0.717) is 6.61 Å². The highest BCUT2D eigenvalue weighted by molar-refractivity contribution is 5.71. The van der Waals surface area contributed by atoms with Crippen molar-refractivity contribution in [2.45, 2.75) is 39.7 Å². The van der Waals surface area contributed by atoms with Crippen molar-refractivity contribution in [2.75, 3.05) is 13.2 Å². The number of hydrogen-bond acceptors (Lipinski definition) is 3. The van der Waals surface area contributed by atoms with Crippen molar-refractivity contribution in [3.63, 3.8) is 0 Å². The Kier molecular flexibility index (Phi) is 6.44. The van der Waals surface area contributed by atoms with E-state index in [1.165, 1.54) is 11.1 Å². The summed E-state index contributed by atoms with van der Waals surface area (Å²) >= 11 is 0. The number of aryl methyl sites for hydroxylation is 1. The van der Waals surface area contributed by atoms with Gasteiger partial charge in [-0.25, -0.2) is 0 Å². The first kappa shape index (κ1) is 14.7. The van der Waals surface area contributed by atoms with Crippen LogP contribution in [0.1, 0.15) is 44.4 Å². The van der Waals surface area contributed by atoms with Gasteiger partial charge in [0.1, 0.15) is 0 Å². The van der Waals surface area contributed by atoms with E-state index in [1.54, 1.807) is 0 Å². The van der Waals surface area contributed by atoms with Crippen LogP contribution < -0.4 is 5.32 Å². The van der Waals surface area contributed by atoms with Crippen molar-refractivity contribution in [2.24, 2.45) is 0 Å². The first-order chi connectivity index (χ1) is 8.67. The predicted octanol–water partition coefficient (Wildman–Crippen LogP) is 2.85. The molecule has 0 aliphatic rings. The van der Waals surface area contributed by atoms with Crippen LogP contribution in [0.4, 0.5) is 0 Å². The van der Waals surface area contributed by atoms with Crippen LogP contribution in [0.2, 0.25) is 0 Å². The zero-order valence-corrected chi connectivity index (χ0v) is 11.5. The summed E-state index contributed by atoms with van der Waals surface area (Å²) in [6.45, 7) is 6.73. The number of carbonyl (C=O) groups is 1. The van der Waals surface area contributed by atoms with E-state index >= 15 is 0 Å². The second-order valence-electron chi connectivity index (χ2n) is 4.40. The standard InChI is InChI=1S/C15H23NO2/c1-4-6-13-7-9-14(10-8-13)12(3)16-11-15(17)18-5-2/h7-10,12,16H,4-6,11H2,1-3H3. The molecule has 0 radical (unpaired) electrons. The molecule has 0 spiro atoms. The fourth-order valence-electron chi connectivity index (χ4n) is 1.83. The average molecular weight is 249 g/mol. The van der Waals surface area contributed by atoms with E-state index in [-0.39, 0.29) is 18.6 Å². The molecule has 1 aromatic carbocycles. The van der Waals surface area contributed by atoms with Gasteiger partial charge in [-0.15, -0.1) is 0 Å². The van der Waals surface area contributed by atoms with Gasteiger partial charge in [0.2, 0.25) is 0 Å². The summed E-state index contributed by atoms with van der Waals surface area (Å²) in [4.78, 5) is 11.2. The Hall–Kier alpha value is -1.35. The molecular weight excluding hydrogens is 226 g/mol. The highest BCUT2D eigenvalue weighted by Gasteiger charge is 2.07. The van der Waals surface area contributed by atoms with E-state index in [2.05, 4.69) is 36.5 Å². The SMILES string of the molecule is CCCc1ccc(C(C)NCC(=O)OCC)cc1. The summed E-state index contributed by atoms with van der Waals surface area (Å²) in [6, 6.07) is 8.70. The van der Waals surface area contributed by atoms with E-state index in [0.717, 1.165) is 12.8 Å². The van der Waals surface area contributed by atoms with Crippen LogP contribution in [0.15, 0.2) is 24.3 Å². The molecule has 1 aromatic rings. The lowest BCUT2D eigenvalue weighted by Gasteiger charge is -2.14. The number of carbonyl (C=O) groups excluding carboxylic acids is 1. The molecule has 0 fully saturated rings. The van der Waals surface area contributed by atoms with Crippen LogP contribution in [0, 0.1) is 0 Å². The average Bonchev–Trinajstić information content (AvgIpc) is 2.37. The molecule has 1 rings (SSSR count). The molecule has 3 nitrogen and oxygen atoms in total. The summed E-state index contributed by atoms with van der Waals surface area (Å²) in [5, 5.41) is 3.16. The Morgan fingerprint density at radius 3 is 2.50 bits per heavy atom. The van der Waals surface area contributed by atoms with Gasteiger partial charge in [0, 0.05) is 6.04 Å². The minimum Gasteiger partial charge on any atom is -0.465 e. The summed E-state index contributed by atoms with van der Waals surface area (Å²) in [5.41, 5.74) is 2.55. The number of ether oxygens (including phenoxy) is 1. The van der Waals surface area contributed by atoms with Crippen LogP contribution in [-0.2, 0) is 16.0 Å². The molecule has 0 aliphatic carbocycles. The van der Waals surface area contributed by atoms with Crippen molar-refractivity contribution in [3.05, 3.63) is 35.4 Å². The number of rotatable bonds is 7. The maximum atomic E-state index is 11.2. The van der Waals surface area contributed by atoms with Crippen molar-refractivity contribution >= 4 is 5.97 Å². The van der Waals surface area contributed by atoms with Crippen LogP contribution in [0.3, 0.4) is 0 Å². The van der Waals surface area contributed by atoms with Gasteiger partial charge in [-0.05, 0) is 31.4 Å². The summed E-state index contributed by atoms with van der Waals surface area (Å²) < 4.78 is 4.88. The minimum atomic E-state index is -0.202. The maximum absolute atomic E-state index is 11.2. The van der Waals surface area contributed by atoms with Gasteiger partial charge in [-0.1, -0.05) is 37.6 Å². The van der Waals surface area contributed by atoms with Gasteiger partial charge in [-0.3, -0.25) is 4.79 Å². The Labute approximate surface area is 110 Å². The molecule has 1 unspecified atom stereocenters. The quantitative estimate of drug-likeness (QED) is 0.755. The van der Waals surface area contributed by atoms with E-state index < -0.39 is 0 Å². The highest BCUT2D eigenvalue weighted by Crippen LogP contribution is 2.14. The normalized spacial score (nSPS) is 12.2. The van der Waals surface area contributed by atoms with Gasteiger partial charge in [0.15, 0.2) is 0 Å². The third kappa shape index (κ3) is 4.88. The predicted molar refractivity (Wildman–Crippen MR) is 73.5 cm³/mol. The second-order valence-corrected chi connectivity index (χ2v) is 4.40. The number of nitrogens with one attached hydrogen (secondary N) is 1. The van der Waals surface area contributed by atoms with Crippen molar-refractivity contribution in [1.29, 1.82) is 0 Å². The monoisotopic (exact) mass is 249 g/mol. The summed E-state index contributed by atoms with van der Waals surface area (Å²) in [6.07, 6.45) is 2.28. The number of benzene rings is 1. The van der Waals surface area contributed by atoms with E-state index in [4.69, 9.17) is 4.74 Å². The molecular formula is C15H23NO2. The first-order valence-electron chi connectivity index (χ1n) is 6.65. The molecule has 18 heavy (non-hydrogen) atoms. The molecule has 0 heterocycles. The maximum Gasteiger partial charge on any atom is 0.319 e. The van der Waals surface area contributed by atoms with E-state index in [9.17, 15) is 4.79 Å². The number of hydrogen-bond donors (Lipinski definition) is 1. The highest BCUT2D eigenvalue weighted by atomic mass is 16.5. The molecule has 0 saturated carbocycles. The van der Waals surface area contributed by atoms with Crippen LogP contribution in [0.25, 0.3) is 0 Å². The Morgan fingerprint density at radius 2 is 1.94 bits per heavy atom. The Balaban J connectivity index is 2.45. The summed E-state index contributed by atoms with van der Waals surface area (Å²) in [5.74, 6) is -0.202. The third-order valence-electron chi connectivity index (χ3n) is 2.88. The largest absolute Gasteiger partial charge is 0.465 e. The van der Waals surface area contributed by atoms with Gasteiger partial charge in [0.25, 0.3) is 0 Å². The fourth-order valence-corrected chi connectivity index (χ4v) is 1.83. The van der Waals surface area contributed by atoms with Crippen molar-refractivity contribution in [3.8, 4) is 0 Å². The number of esters is 1. The third-order valence-corrected chi connectivity index (χ3v) is 2.88. The summed E-state index contributed by atoms with van der Waals surface area (Å²) in [7, 11) is 0. The van der Waals surface area contributed by atoms with Crippen LogP contribution in [0.5, 0.6) is 0 Å². The molecule has 1 atom stereocenters. The zero-order chi connectivity index (χ0) is 13.4. The molecule has 3 heteroatoms. The molecule has 0 aliphatic heterocycles. The molecule has 0 bridgehead atoms. The Morgan fingerprint density at radius 1 is 1.28 bits per heavy atom. The lowest BCUT2D eigenvalue weighted by atomic mass is 10.0. The van der Waals surface area contributed by atoms with Gasteiger partial charge in [0.05, 0.1) is 13.2 Å². The Bertz CT molecular complexity index is 359. The van der Waals surface area contributed by atoms with Crippen molar-refractivity contribution < 1.29 is 9.53 Å². The second kappa shape index (κ2) is 7.88. The van der Waals surface area contributed by atoms with Gasteiger partial charge in [-0.2, -0.15) is 0 Å². The van der Waals surface area contributed by atoms with Crippen LogP contribution in [-0.4, -0.2) is 19.1 Å². The first-order valence-corrected chi connectivity index (χ1v) is 6.65. The minimum absolute atomic E-state index is 0.157. The molecule has 1 N–H and O–H groups in total. The molecule has 0 aromatic heterocycles. The van der Waals surface area contributed by atoms with Crippen LogP contribution >= 0.6 is 0 Å². The zero-order valence-electron chi connectivity index (χ0n) is 11.5. The van der Waals surface area contributed by atoms with Gasteiger partial charge >= 0.3 is 5.97 Å². The lowest BCUT2D eigenvalue weighted by Crippen LogP contribution is -2.27. The lowest BCUT2D eigenvalue weighted by molar-refractivity contribution is -0.142. The van der Waals surface area contributed by atoms with Crippen molar-refractivity contribution in [1.82, 2.24) is 5.32 Å². The van der Waals surface area contributed by atoms with Gasteiger partial charge < -0.3 is 10.1 Å². The smallest absolute Gasteiger partial charge is 0.319 e. The molecule has 0 amide bonds. The van der Waals surface area contributed by atoms with E-state index in [1.807, 2.05) is 13.8 Å². The molecule has 0 saturated heterocycles. The molecule has 100 valence electrons. The fraction of sp³-hybridized carbons (Fsp3) is 0.533.